The van der Waals surface area contributed by atoms with Crippen molar-refractivity contribution in [2.75, 3.05) is 0 Å². The number of pyridine rings is 1. The molecular weight excluding hydrogens is 388 g/mol. The zero-order chi connectivity index (χ0) is 20.4. The maximum atomic E-state index is 11.5. The van der Waals surface area contributed by atoms with Crippen LogP contribution in [0.1, 0.15) is 26.3 Å². The van der Waals surface area contributed by atoms with E-state index in [9.17, 15) is 5.11 Å². The molecule has 7 heteroatoms. The molecule has 28 heavy (non-hydrogen) atoms. The Morgan fingerprint density at radius 3 is 2.54 bits per heavy atom. The third kappa shape index (κ3) is 3.75. The van der Waals surface area contributed by atoms with Crippen molar-refractivity contribution in [1.29, 1.82) is 0 Å². The lowest BCUT2D eigenvalue weighted by Gasteiger charge is -2.42. The molecule has 0 aliphatic carbocycles. The summed E-state index contributed by atoms with van der Waals surface area (Å²) in [7, 11) is 0. The molecular formula is C21H25N4OS2+. The lowest BCUT2D eigenvalue weighted by Crippen LogP contribution is -2.65. The first-order chi connectivity index (χ1) is 13.3. The van der Waals surface area contributed by atoms with E-state index in [4.69, 9.17) is 22.9 Å². The molecule has 0 fully saturated rings. The topological polar surface area (TPSA) is 71.5 Å². The largest absolute Gasteiger partial charge is 0.386 e. The van der Waals surface area contributed by atoms with Crippen LogP contribution in [0.5, 0.6) is 0 Å². The Kier molecular flexibility index (Phi) is 6.00. The van der Waals surface area contributed by atoms with E-state index in [0.717, 1.165) is 21.2 Å². The minimum Gasteiger partial charge on any atom is -0.386 e. The van der Waals surface area contributed by atoms with Gasteiger partial charge in [-0.25, -0.2) is 9.48 Å². The Morgan fingerprint density at radius 1 is 1.25 bits per heavy atom. The fourth-order valence-corrected chi connectivity index (χ4v) is 4.68. The third-order valence-electron chi connectivity index (χ3n) is 4.88. The number of thioether (sulfide) groups is 1. The van der Waals surface area contributed by atoms with E-state index in [-0.39, 0.29) is 15.4 Å². The van der Waals surface area contributed by atoms with Crippen LogP contribution in [0.25, 0.3) is 0 Å². The molecule has 1 aliphatic heterocycles. The molecule has 1 aromatic carbocycles. The van der Waals surface area contributed by atoms with Gasteiger partial charge < -0.3 is 10.8 Å². The fourth-order valence-electron chi connectivity index (χ4n) is 3.16. The Hall–Kier alpha value is -2.06. The number of aliphatic imine (C=N–C) groups is 1. The van der Waals surface area contributed by atoms with Crippen LogP contribution < -0.4 is 5.73 Å². The van der Waals surface area contributed by atoms with Gasteiger partial charge >= 0.3 is 0 Å². The third-order valence-corrected chi connectivity index (χ3v) is 6.50. The van der Waals surface area contributed by atoms with Crippen LogP contribution in [0.4, 0.5) is 0 Å². The number of thiocarbonyl (C=S) groups is 1. The number of rotatable bonds is 7. The molecule has 2 heterocycles. The summed E-state index contributed by atoms with van der Waals surface area (Å²) in [5.74, 6) is 0.179. The smallest absolute Gasteiger partial charge is 0.260 e. The molecule has 0 spiro atoms. The molecule has 0 amide bonds. The fraction of sp³-hybridized carbons (Fsp3) is 0.286. The van der Waals surface area contributed by atoms with E-state index in [1.54, 1.807) is 37.4 Å². The lowest BCUT2D eigenvalue weighted by atomic mass is 10.1. The van der Waals surface area contributed by atoms with Crippen molar-refractivity contribution in [1.82, 2.24) is 4.98 Å². The average molecular weight is 414 g/mol. The summed E-state index contributed by atoms with van der Waals surface area (Å²) in [6.45, 7) is 6.29. The van der Waals surface area contributed by atoms with E-state index in [1.165, 1.54) is 0 Å². The highest BCUT2D eigenvalue weighted by atomic mass is 32.2. The zero-order valence-corrected chi connectivity index (χ0v) is 17.9. The number of hydrogen-bond donors (Lipinski definition) is 2. The molecule has 146 valence electrons. The van der Waals surface area contributed by atoms with Gasteiger partial charge in [0.15, 0.2) is 11.3 Å². The number of nitrogens with zero attached hydrogens (tertiary/aromatic N) is 3. The number of nitrogens with two attached hydrogens (primary N) is 1. The second-order valence-corrected chi connectivity index (χ2v) is 8.78. The van der Waals surface area contributed by atoms with Crippen molar-refractivity contribution in [3.05, 3.63) is 71.1 Å². The van der Waals surface area contributed by atoms with Gasteiger partial charge in [-0.15, -0.1) is 0 Å². The van der Waals surface area contributed by atoms with Crippen LogP contribution in [0.2, 0.25) is 0 Å². The minimum atomic E-state index is -1.51. The van der Waals surface area contributed by atoms with Gasteiger partial charge in [0.2, 0.25) is 5.03 Å². The summed E-state index contributed by atoms with van der Waals surface area (Å²) in [6.07, 6.45) is 5.29. The Morgan fingerprint density at radius 2 is 1.96 bits per heavy atom. The highest BCUT2D eigenvalue weighted by molar-refractivity contribution is 8.02. The second kappa shape index (κ2) is 8.13. The van der Waals surface area contributed by atoms with E-state index < -0.39 is 5.72 Å². The van der Waals surface area contributed by atoms with Crippen LogP contribution >= 0.6 is 24.0 Å². The van der Waals surface area contributed by atoms with Gasteiger partial charge in [0.25, 0.3) is 5.72 Å². The lowest BCUT2D eigenvalue weighted by molar-refractivity contribution is -0.869. The van der Waals surface area contributed by atoms with Crippen molar-refractivity contribution in [3.63, 3.8) is 0 Å². The Labute approximate surface area is 175 Å². The van der Waals surface area contributed by atoms with Gasteiger partial charge in [-0.1, -0.05) is 50.3 Å². The summed E-state index contributed by atoms with van der Waals surface area (Å²) in [5, 5.41) is 12.4. The molecule has 0 radical (unpaired) electrons. The average Bonchev–Trinajstić information content (AvgIpc) is 3.03. The standard InChI is InChI=1S/C21H24N4OS2/c1-15(2)18-19(28-17-9-5-4-6-10-17)25(14-24-18,21(3,26)20(22)27)13-16-8-7-11-23-12-16/h4-12,14-15,26H,13H2,1-3H3,(H-,22,27)/p+1. The van der Waals surface area contributed by atoms with Crippen molar-refractivity contribution in [2.45, 2.75) is 37.9 Å². The van der Waals surface area contributed by atoms with Crippen molar-refractivity contribution in [3.8, 4) is 0 Å². The SMILES string of the molecule is CC(C)C1=C(Sc2ccccc2)[N+](Cc2cccnc2)(C(C)(O)C(N)=S)C=N1. The van der Waals surface area contributed by atoms with Crippen molar-refractivity contribution >= 4 is 35.3 Å². The highest BCUT2D eigenvalue weighted by Crippen LogP contribution is 2.47. The number of benzene rings is 1. The van der Waals surface area contributed by atoms with Crippen molar-refractivity contribution < 1.29 is 9.59 Å². The molecule has 2 aromatic rings. The van der Waals surface area contributed by atoms with Crippen LogP contribution in [-0.4, -0.2) is 31.6 Å². The summed E-state index contributed by atoms with van der Waals surface area (Å²) in [6, 6.07) is 13.9. The normalized spacial score (nSPS) is 21.2. The quantitative estimate of drug-likeness (QED) is 0.529. The van der Waals surface area contributed by atoms with Gasteiger partial charge in [0.05, 0.1) is 0 Å². The molecule has 2 unspecified atom stereocenters. The zero-order valence-electron chi connectivity index (χ0n) is 16.2. The first-order valence-corrected chi connectivity index (χ1v) is 10.3. The number of allylic oxidation sites excluding steroid dienone is 1. The molecule has 3 N–H and O–H groups in total. The highest BCUT2D eigenvalue weighted by Gasteiger charge is 2.55. The van der Waals surface area contributed by atoms with Crippen LogP contribution in [-0.2, 0) is 6.54 Å². The van der Waals surface area contributed by atoms with E-state index >= 15 is 0 Å². The second-order valence-electron chi connectivity index (χ2n) is 7.28. The number of aromatic nitrogens is 1. The van der Waals surface area contributed by atoms with Gasteiger partial charge in [-0.05, 0) is 30.0 Å². The van der Waals surface area contributed by atoms with E-state index in [0.29, 0.717) is 6.54 Å². The first-order valence-electron chi connectivity index (χ1n) is 9.10. The maximum absolute atomic E-state index is 11.5. The van der Waals surface area contributed by atoms with Gasteiger partial charge in [-0.3, -0.25) is 4.98 Å². The van der Waals surface area contributed by atoms with E-state index in [1.807, 2.05) is 42.5 Å². The summed E-state index contributed by atoms with van der Waals surface area (Å²) >= 11 is 6.87. The predicted octanol–water partition coefficient (Wildman–Crippen LogP) is 4.05. The molecule has 0 saturated heterocycles. The summed E-state index contributed by atoms with van der Waals surface area (Å²) < 4.78 is 0.0150. The molecule has 3 rings (SSSR count). The monoisotopic (exact) mass is 413 g/mol. The van der Waals surface area contributed by atoms with Crippen LogP contribution in [0.15, 0.2) is 75.5 Å². The summed E-state index contributed by atoms with van der Waals surface area (Å²) in [4.78, 5) is 10.0. The molecule has 0 bridgehead atoms. The van der Waals surface area contributed by atoms with Crippen LogP contribution in [0.3, 0.4) is 0 Å². The van der Waals surface area contributed by atoms with Crippen molar-refractivity contribution in [2.24, 2.45) is 16.6 Å². The predicted molar refractivity (Wildman–Crippen MR) is 118 cm³/mol. The minimum absolute atomic E-state index is 0.0150. The molecule has 1 aromatic heterocycles. The molecule has 2 atom stereocenters. The molecule has 0 saturated carbocycles. The Balaban J connectivity index is 2.18. The number of quaternary nitrogens is 1. The van der Waals surface area contributed by atoms with Gasteiger partial charge in [-0.2, -0.15) is 0 Å². The maximum Gasteiger partial charge on any atom is 0.260 e. The van der Waals surface area contributed by atoms with Crippen LogP contribution in [0, 0.1) is 5.92 Å². The number of aliphatic hydroxyl groups is 1. The molecule has 5 nitrogen and oxygen atoms in total. The summed E-state index contributed by atoms with van der Waals surface area (Å²) in [5.41, 5.74) is 6.40. The first kappa shape index (κ1) is 20.7. The van der Waals surface area contributed by atoms with Gasteiger partial charge in [0, 0.05) is 35.7 Å². The van der Waals surface area contributed by atoms with E-state index in [2.05, 4.69) is 18.8 Å². The molecule has 1 aliphatic rings. The number of hydrogen-bond acceptors (Lipinski definition) is 5. The van der Waals surface area contributed by atoms with Gasteiger partial charge in [0.1, 0.15) is 12.2 Å². The Bertz CT molecular complexity index is 911.